The largest absolute Gasteiger partial charge is 0.495 e. The molecule has 0 radical (unpaired) electrons. The zero-order valence-corrected chi connectivity index (χ0v) is 12.3. The molecule has 108 valence electrons. The Kier molecular flexibility index (Phi) is 3.61. The van der Waals surface area contributed by atoms with Gasteiger partial charge in [0.25, 0.3) is 0 Å². The lowest BCUT2D eigenvalue weighted by atomic mass is 9.90. The molecule has 1 aliphatic carbocycles. The first-order valence-electron chi connectivity index (χ1n) is 7.02. The molecule has 2 N–H and O–H groups in total. The molecule has 1 amide bonds. The number of carbonyl (C=O) groups is 1. The number of carbonyl (C=O) groups excluding carboxylic acids is 1. The van der Waals surface area contributed by atoms with Crippen LogP contribution in [0.25, 0.3) is 0 Å². The average Bonchev–Trinajstić information content (AvgIpc) is 3.25. The second-order valence-corrected chi connectivity index (χ2v) is 5.98. The van der Waals surface area contributed by atoms with Gasteiger partial charge < -0.3 is 15.4 Å². The summed E-state index contributed by atoms with van der Waals surface area (Å²) in [6, 6.07) is 5.95. The number of likely N-dealkylation sites (tertiary alicyclic amines) is 1. The summed E-state index contributed by atoms with van der Waals surface area (Å²) in [6.07, 6.45) is 3.45. The van der Waals surface area contributed by atoms with Crippen molar-refractivity contribution < 1.29 is 9.53 Å². The van der Waals surface area contributed by atoms with Gasteiger partial charge in [-0.05, 0) is 37.0 Å². The maximum Gasteiger partial charge on any atom is 0.223 e. The van der Waals surface area contributed by atoms with Crippen molar-refractivity contribution >= 4 is 17.5 Å². The van der Waals surface area contributed by atoms with E-state index in [2.05, 4.69) is 0 Å². The molecule has 4 nitrogen and oxygen atoms in total. The number of ether oxygens (including phenoxy) is 1. The van der Waals surface area contributed by atoms with Crippen LogP contribution in [0.2, 0.25) is 5.02 Å². The zero-order valence-electron chi connectivity index (χ0n) is 11.5. The monoisotopic (exact) mass is 294 g/mol. The van der Waals surface area contributed by atoms with Gasteiger partial charge in [0.1, 0.15) is 5.75 Å². The van der Waals surface area contributed by atoms with Crippen LogP contribution in [0.4, 0.5) is 0 Å². The van der Waals surface area contributed by atoms with Gasteiger partial charge in [-0.1, -0.05) is 17.7 Å². The number of rotatable bonds is 3. The smallest absolute Gasteiger partial charge is 0.223 e. The normalized spacial score (nSPS) is 26.8. The van der Waals surface area contributed by atoms with Crippen LogP contribution in [-0.4, -0.2) is 30.0 Å². The Bertz CT molecular complexity index is 531. The molecule has 0 aromatic heterocycles. The number of hydrogen-bond donors (Lipinski definition) is 1. The van der Waals surface area contributed by atoms with E-state index in [1.54, 1.807) is 7.11 Å². The molecule has 5 heteroatoms. The third-order valence-electron chi connectivity index (χ3n) is 4.14. The third kappa shape index (κ3) is 2.38. The minimum atomic E-state index is -0.0628. The molecule has 0 bridgehead atoms. The van der Waals surface area contributed by atoms with E-state index in [4.69, 9.17) is 22.1 Å². The van der Waals surface area contributed by atoms with Crippen LogP contribution in [0.3, 0.4) is 0 Å². The van der Waals surface area contributed by atoms with Crippen molar-refractivity contribution in [3.8, 4) is 5.75 Å². The number of benzene rings is 1. The molecule has 0 spiro atoms. The summed E-state index contributed by atoms with van der Waals surface area (Å²) < 4.78 is 5.18. The molecule has 1 aromatic carbocycles. The van der Waals surface area contributed by atoms with Crippen molar-refractivity contribution in [3.05, 3.63) is 28.8 Å². The maximum atomic E-state index is 12.2. The van der Waals surface area contributed by atoms with Gasteiger partial charge in [-0.3, -0.25) is 4.79 Å². The molecule has 2 atom stereocenters. The number of hydrogen-bond acceptors (Lipinski definition) is 3. The highest BCUT2D eigenvalue weighted by atomic mass is 35.5. The highest BCUT2D eigenvalue weighted by molar-refractivity contribution is 6.32. The molecule has 1 saturated heterocycles. The molecular weight excluding hydrogens is 276 g/mol. The standard InChI is InChI=1S/C15H19ClN2O2/c1-20-13-6-2-9(8-11(13)16)15-12(17)5-7-14(19)18(15)10-3-4-10/h2,6,8,10,12,15H,3-5,7,17H2,1H3. The number of nitrogens with zero attached hydrogens (tertiary/aromatic N) is 1. The van der Waals surface area contributed by atoms with Crippen molar-refractivity contribution in [2.24, 2.45) is 5.73 Å². The van der Waals surface area contributed by atoms with E-state index in [-0.39, 0.29) is 18.0 Å². The Labute approximate surface area is 123 Å². The molecule has 20 heavy (non-hydrogen) atoms. The minimum absolute atomic E-state index is 0.0299. The molecular formula is C15H19ClN2O2. The minimum Gasteiger partial charge on any atom is -0.495 e. The summed E-state index contributed by atoms with van der Waals surface area (Å²) in [7, 11) is 1.59. The second kappa shape index (κ2) is 5.26. The lowest BCUT2D eigenvalue weighted by Gasteiger charge is -2.40. The Balaban J connectivity index is 1.96. The Morgan fingerprint density at radius 1 is 1.35 bits per heavy atom. The van der Waals surface area contributed by atoms with Crippen LogP contribution in [0.15, 0.2) is 18.2 Å². The fourth-order valence-electron chi connectivity index (χ4n) is 3.00. The van der Waals surface area contributed by atoms with Crippen LogP contribution in [0.5, 0.6) is 5.75 Å². The summed E-state index contributed by atoms with van der Waals surface area (Å²) in [6.45, 7) is 0. The first-order valence-corrected chi connectivity index (χ1v) is 7.40. The van der Waals surface area contributed by atoms with Crippen LogP contribution < -0.4 is 10.5 Å². The number of nitrogens with two attached hydrogens (primary N) is 1. The van der Waals surface area contributed by atoms with E-state index in [1.165, 1.54) is 0 Å². The summed E-state index contributed by atoms with van der Waals surface area (Å²) in [4.78, 5) is 14.2. The molecule has 1 aromatic rings. The summed E-state index contributed by atoms with van der Waals surface area (Å²) in [5.74, 6) is 0.857. The number of piperidine rings is 1. The van der Waals surface area contributed by atoms with Crippen LogP contribution in [0, 0.1) is 0 Å². The highest BCUT2D eigenvalue weighted by Gasteiger charge is 2.43. The van der Waals surface area contributed by atoms with Crippen molar-refractivity contribution in [3.63, 3.8) is 0 Å². The lowest BCUT2D eigenvalue weighted by Crippen LogP contribution is -2.49. The van der Waals surface area contributed by atoms with Gasteiger partial charge in [0.2, 0.25) is 5.91 Å². The summed E-state index contributed by atoms with van der Waals surface area (Å²) in [5.41, 5.74) is 7.28. The van der Waals surface area contributed by atoms with Gasteiger partial charge >= 0.3 is 0 Å². The first-order chi connectivity index (χ1) is 9.61. The molecule has 3 rings (SSSR count). The Hall–Kier alpha value is -1.26. The zero-order chi connectivity index (χ0) is 14.3. The molecule has 2 fully saturated rings. The van der Waals surface area contributed by atoms with Gasteiger partial charge in [0, 0.05) is 18.5 Å². The fraction of sp³-hybridized carbons (Fsp3) is 0.533. The SMILES string of the molecule is COc1ccc(C2C(N)CCC(=O)N2C2CC2)cc1Cl. The fourth-order valence-corrected chi connectivity index (χ4v) is 3.26. The number of amides is 1. The predicted octanol–water partition coefficient (Wildman–Crippen LogP) is 2.50. The molecule has 2 unspecified atom stereocenters. The van der Waals surface area contributed by atoms with Gasteiger partial charge in [-0.15, -0.1) is 0 Å². The van der Waals surface area contributed by atoms with Crippen molar-refractivity contribution in [2.45, 2.75) is 43.8 Å². The van der Waals surface area contributed by atoms with Gasteiger partial charge in [0.15, 0.2) is 0 Å². The van der Waals surface area contributed by atoms with Crippen molar-refractivity contribution in [1.29, 1.82) is 0 Å². The topological polar surface area (TPSA) is 55.6 Å². The van der Waals surface area contributed by atoms with Gasteiger partial charge in [-0.2, -0.15) is 0 Å². The Morgan fingerprint density at radius 3 is 2.70 bits per heavy atom. The van der Waals surface area contributed by atoms with Crippen molar-refractivity contribution in [2.75, 3.05) is 7.11 Å². The van der Waals surface area contributed by atoms with Gasteiger partial charge in [-0.25, -0.2) is 0 Å². The maximum absolute atomic E-state index is 12.2. The highest BCUT2D eigenvalue weighted by Crippen LogP contribution is 2.41. The van der Waals surface area contributed by atoms with E-state index in [1.807, 2.05) is 23.1 Å². The van der Waals surface area contributed by atoms with Crippen LogP contribution in [0.1, 0.15) is 37.3 Å². The Morgan fingerprint density at radius 2 is 2.10 bits per heavy atom. The van der Waals surface area contributed by atoms with E-state index < -0.39 is 0 Å². The average molecular weight is 295 g/mol. The predicted molar refractivity (Wildman–Crippen MR) is 77.8 cm³/mol. The van der Waals surface area contributed by atoms with E-state index in [0.717, 1.165) is 24.8 Å². The molecule has 1 saturated carbocycles. The molecule has 1 heterocycles. The van der Waals surface area contributed by atoms with Crippen LogP contribution >= 0.6 is 11.6 Å². The first kappa shape index (κ1) is 13.7. The second-order valence-electron chi connectivity index (χ2n) is 5.57. The summed E-state index contributed by atoms with van der Waals surface area (Å²) in [5, 5.41) is 0.561. The number of halogens is 1. The quantitative estimate of drug-likeness (QED) is 0.932. The lowest BCUT2D eigenvalue weighted by molar-refractivity contribution is -0.138. The van der Waals surface area contributed by atoms with Crippen molar-refractivity contribution in [1.82, 2.24) is 4.90 Å². The van der Waals surface area contributed by atoms with E-state index in [9.17, 15) is 4.79 Å². The third-order valence-corrected chi connectivity index (χ3v) is 4.44. The number of methoxy groups -OCH3 is 1. The van der Waals surface area contributed by atoms with Gasteiger partial charge in [0.05, 0.1) is 18.2 Å². The molecule has 2 aliphatic rings. The molecule has 1 aliphatic heterocycles. The van der Waals surface area contributed by atoms with E-state index >= 15 is 0 Å². The van der Waals surface area contributed by atoms with E-state index in [0.29, 0.717) is 23.2 Å². The summed E-state index contributed by atoms with van der Waals surface area (Å²) >= 11 is 6.21. The van der Waals surface area contributed by atoms with Crippen LogP contribution in [-0.2, 0) is 4.79 Å².